The van der Waals surface area contributed by atoms with Crippen LogP contribution in [0.2, 0.25) is 0 Å². The number of nitrogens with two attached hydrogens (primary N) is 1. The van der Waals surface area contributed by atoms with Crippen LogP contribution in [-0.2, 0) is 9.84 Å². The maximum Gasteiger partial charge on any atom is 0.186 e. The van der Waals surface area contributed by atoms with Gasteiger partial charge in [-0.15, -0.1) is 0 Å². The lowest BCUT2D eigenvalue weighted by Crippen LogP contribution is -2.22. The molecule has 0 heterocycles. The van der Waals surface area contributed by atoms with Gasteiger partial charge in [0.1, 0.15) is 16.8 Å². The Morgan fingerprint density at radius 1 is 1.19 bits per heavy atom. The zero-order chi connectivity index (χ0) is 15.5. The Bertz CT molecular complexity index is 714. The molecule has 0 spiro atoms. The Balaban J connectivity index is 2.46. The smallest absolute Gasteiger partial charge is 0.186 e. The van der Waals surface area contributed by atoms with Crippen molar-refractivity contribution in [2.45, 2.75) is 10.1 Å². The fourth-order valence-electron chi connectivity index (χ4n) is 2.07. The second-order valence-corrected chi connectivity index (χ2v) is 6.63. The molecular weight excluding hydrogens is 293 g/mol. The molecule has 4 nitrogen and oxygen atoms in total. The van der Waals surface area contributed by atoms with Gasteiger partial charge in [0.15, 0.2) is 9.84 Å². The third-order valence-corrected chi connectivity index (χ3v) is 5.34. The Morgan fingerprint density at radius 2 is 1.86 bits per heavy atom. The lowest BCUT2D eigenvalue weighted by Gasteiger charge is -2.17. The summed E-state index contributed by atoms with van der Waals surface area (Å²) in [6, 6.07) is 11.5. The Morgan fingerprint density at radius 3 is 2.43 bits per heavy atom. The molecule has 112 valence electrons. The predicted molar refractivity (Wildman–Crippen MR) is 78.4 cm³/mol. The molecule has 21 heavy (non-hydrogen) atoms. The maximum atomic E-state index is 12.9. The Labute approximate surface area is 123 Å². The van der Waals surface area contributed by atoms with Gasteiger partial charge >= 0.3 is 0 Å². The van der Waals surface area contributed by atoms with Crippen molar-refractivity contribution < 1.29 is 17.5 Å². The van der Waals surface area contributed by atoms with Gasteiger partial charge in [-0.3, -0.25) is 0 Å². The van der Waals surface area contributed by atoms with Crippen LogP contribution in [0.4, 0.5) is 4.39 Å². The largest absolute Gasteiger partial charge is 0.497 e. The average Bonchev–Trinajstić information content (AvgIpc) is 2.48. The van der Waals surface area contributed by atoms with Gasteiger partial charge in [0.2, 0.25) is 0 Å². The predicted octanol–water partition coefficient (Wildman–Crippen LogP) is 2.31. The molecule has 0 aromatic heterocycles. The molecule has 0 aliphatic rings. The SMILES string of the molecule is COc1cccc([C@H](CN)S(=O)(=O)c2ccc(F)cc2)c1. The molecule has 0 bridgehead atoms. The second kappa shape index (κ2) is 6.24. The minimum atomic E-state index is -3.69. The first-order valence-corrected chi connectivity index (χ1v) is 7.87. The molecule has 0 amide bonds. The summed E-state index contributed by atoms with van der Waals surface area (Å²) < 4.78 is 43.3. The van der Waals surface area contributed by atoms with E-state index >= 15 is 0 Å². The van der Waals surface area contributed by atoms with Crippen LogP contribution in [0, 0.1) is 5.82 Å². The van der Waals surface area contributed by atoms with Crippen LogP contribution in [0.3, 0.4) is 0 Å². The van der Waals surface area contributed by atoms with E-state index in [0.29, 0.717) is 11.3 Å². The zero-order valence-electron chi connectivity index (χ0n) is 11.5. The van der Waals surface area contributed by atoms with Gasteiger partial charge in [-0.2, -0.15) is 0 Å². The summed E-state index contributed by atoms with van der Waals surface area (Å²) >= 11 is 0. The zero-order valence-corrected chi connectivity index (χ0v) is 12.3. The van der Waals surface area contributed by atoms with E-state index in [1.165, 1.54) is 19.2 Å². The van der Waals surface area contributed by atoms with E-state index in [1.54, 1.807) is 24.3 Å². The summed E-state index contributed by atoms with van der Waals surface area (Å²) in [4.78, 5) is 0.0437. The summed E-state index contributed by atoms with van der Waals surface area (Å²) in [7, 11) is -2.19. The highest BCUT2D eigenvalue weighted by atomic mass is 32.2. The van der Waals surface area contributed by atoms with Gasteiger partial charge in [0, 0.05) is 6.54 Å². The van der Waals surface area contributed by atoms with Crippen molar-refractivity contribution in [3.05, 3.63) is 59.9 Å². The Kier molecular flexibility index (Phi) is 4.59. The molecule has 0 unspecified atom stereocenters. The van der Waals surface area contributed by atoms with E-state index in [2.05, 4.69) is 0 Å². The fraction of sp³-hybridized carbons (Fsp3) is 0.200. The molecule has 1 atom stereocenters. The monoisotopic (exact) mass is 309 g/mol. The van der Waals surface area contributed by atoms with Crippen molar-refractivity contribution >= 4 is 9.84 Å². The third-order valence-electron chi connectivity index (χ3n) is 3.20. The number of methoxy groups -OCH3 is 1. The number of ether oxygens (including phenoxy) is 1. The standard InChI is InChI=1S/C15H16FNO3S/c1-20-13-4-2-3-11(9-13)15(10-17)21(18,19)14-7-5-12(16)6-8-14/h2-9,15H,10,17H2,1H3/t15-/m0/s1. The van der Waals surface area contributed by atoms with Crippen LogP contribution in [-0.4, -0.2) is 22.1 Å². The molecule has 0 aliphatic carbocycles. The van der Waals surface area contributed by atoms with E-state index < -0.39 is 20.9 Å². The molecule has 2 N–H and O–H groups in total. The molecule has 0 saturated carbocycles. The molecule has 2 rings (SSSR count). The molecule has 0 aliphatic heterocycles. The van der Waals surface area contributed by atoms with Gasteiger partial charge in [-0.05, 0) is 42.0 Å². The highest BCUT2D eigenvalue weighted by Crippen LogP contribution is 2.30. The molecule has 6 heteroatoms. The van der Waals surface area contributed by atoms with Crippen LogP contribution in [0.15, 0.2) is 53.4 Å². The van der Waals surface area contributed by atoms with Crippen LogP contribution >= 0.6 is 0 Å². The molecule has 0 saturated heterocycles. The number of rotatable bonds is 5. The lowest BCUT2D eigenvalue weighted by atomic mass is 10.1. The highest BCUT2D eigenvalue weighted by molar-refractivity contribution is 7.91. The van der Waals surface area contributed by atoms with Crippen molar-refractivity contribution in [3.8, 4) is 5.75 Å². The summed E-state index contributed by atoms with van der Waals surface area (Å²) in [6.45, 7) is -0.0765. The molecule has 2 aromatic rings. The van der Waals surface area contributed by atoms with Gasteiger partial charge in [-0.1, -0.05) is 12.1 Å². The normalized spacial score (nSPS) is 12.9. The van der Waals surface area contributed by atoms with Gasteiger partial charge in [0.05, 0.1) is 12.0 Å². The topological polar surface area (TPSA) is 69.4 Å². The highest BCUT2D eigenvalue weighted by Gasteiger charge is 2.28. The summed E-state index contributed by atoms with van der Waals surface area (Å²) in [6.07, 6.45) is 0. The third kappa shape index (κ3) is 3.22. The van der Waals surface area contributed by atoms with Crippen molar-refractivity contribution in [2.24, 2.45) is 5.73 Å². The number of sulfone groups is 1. The fourth-order valence-corrected chi connectivity index (χ4v) is 3.67. The van der Waals surface area contributed by atoms with Crippen LogP contribution in [0.1, 0.15) is 10.8 Å². The van der Waals surface area contributed by atoms with Crippen molar-refractivity contribution in [1.82, 2.24) is 0 Å². The van der Waals surface area contributed by atoms with Crippen molar-refractivity contribution in [2.75, 3.05) is 13.7 Å². The minimum absolute atomic E-state index is 0.0437. The van der Waals surface area contributed by atoms with E-state index in [1.807, 2.05) is 0 Å². The van der Waals surface area contributed by atoms with Gasteiger partial charge in [-0.25, -0.2) is 12.8 Å². The van der Waals surface area contributed by atoms with Gasteiger partial charge in [0.25, 0.3) is 0 Å². The van der Waals surface area contributed by atoms with E-state index in [4.69, 9.17) is 10.5 Å². The van der Waals surface area contributed by atoms with E-state index in [0.717, 1.165) is 12.1 Å². The van der Waals surface area contributed by atoms with Crippen LogP contribution in [0.5, 0.6) is 5.75 Å². The van der Waals surface area contributed by atoms with E-state index in [-0.39, 0.29) is 11.4 Å². The minimum Gasteiger partial charge on any atom is -0.497 e. The second-order valence-electron chi connectivity index (χ2n) is 4.50. The van der Waals surface area contributed by atoms with E-state index in [9.17, 15) is 12.8 Å². The number of hydrogen-bond acceptors (Lipinski definition) is 4. The first-order valence-electron chi connectivity index (χ1n) is 6.32. The summed E-state index contributed by atoms with van der Waals surface area (Å²) in [5.74, 6) is 0.0693. The van der Waals surface area contributed by atoms with Crippen molar-refractivity contribution in [1.29, 1.82) is 0 Å². The first kappa shape index (κ1) is 15.5. The summed E-state index contributed by atoms with van der Waals surface area (Å²) in [5.41, 5.74) is 6.20. The number of benzene rings is 2. The Hall–Kier alpha value is -1.92. The molecule has 2 aromatic carbocycles. The van der Waals surface area contributed by atoms with Gasteiger partial charge < -0.3 is 10.5 Å². The maximum absolute atomic E-state index is 12.9. The quantitative estimate of drug-likeness (QED) is 0.861. The van der Waals surface area contributed by atoms with Crippen LogP contribution in [0.25, 0.3) is 0 Å². The number of hydrogen-bond donors (Lipinski definition) is 1. The first-order chi connectivity index (χ1) is 9.98. The summed E-state index contributed by atoms with van der Waals surface area (Å²) in [5, 5.41) is -0.905. The van der Waals surface area contributed by atoms with Crippen molar-refractivity contribution in [3.63, 3.8) is 0 Å². The molecule has 0 fully saturated rings. The molecule has 0 radical (unpaired) electrons. The average molecular weight is 309 g/mol. The molecular formula is C15H16FNO3S. The lowest BCUT2D eigenvalue weighted by molar-refractivity contribution is 0.414. The van der Waals surface area contributed by atoms with Crippen LogP contribution < -0.4 is 10.5 Å². The number of halogens is 1.